The van der Waals surface area contributed by atoms with Crippen molar-refractivity contribution in [1.82, 2.24) is 10.3 Å². The van der Waals surface area contributed by atoms with Crippen LogP contribution < -0.4 is 10.2 Å². The predicted octanol–water partition coefficient (Wildman–Crippen LogP) is 2.47. The van der Waals surface area contributed by atoms with Gasteiger partial charge in [0.25, 0.3) is 5.91 Å². The van der Waals surface area contributed by atoms with Crippen LogP contribution in [0.15, 0.2) is 35.8 Å². The van der Waals surface area contributed by atoms with Gasteiger partial charge in [-0.25, -0.2) is 4.98 Å². The lowest BCUT2D eigenvalue weighted by Crippen LogP contribution is -2.36. The first-order chi connectivity index (χ1) is 10.7. The molecule has 1 amide bonds. The van der Waals surface area contributed by atoms with Crippen molar-refractivity contribution in [2.45, 2.75) is 13.0 Å². The van der Waals surface area contributed by atoms with E-state index < -0.39 is 0 Å². The van der Waals surface area contributed by atoms with Crippen LogP contribution in [0.5, 0.6) is 0 Å². The van der Waals surface area contributed by atoms with Crippen molar-refractivity contribution >= 4 is 23.1 Å². The summed E-state index contributed by atoms with van der Waals surface area (Å²) in [5.41, 5.74) is 0.584. The van der Waals surface area contributed by atoms with Crippen LogP contribution in [0.2, 0.25) is 0 Å². The molecule has 0 bridgehead atoms. The van der Waals surface area contributed by atoms with E-state index in [1.807, 2.05) is 36.6 Å². The van der Waals surface area contributed by atoms with Crippen LogP contribution in [-0.4, -0.2) is 37.2 Å². The Bertz CT molecular complexity index is 607. The molecule has 1 N–H and O–H groups in total. The molecule has 0 saturated carbocycles. The van der Waals surface area contributed by atoms with Gasteiger partial charge in [-0.3, -0.25) is 4.79 Å². The largest absolute Gasteiger partial charge is 0.378 e. The Kier molecular flexibility index (Phi) is 4.70. The molecule has 1 aliphatic heterocycles. The van der Waals surface area contributed by atoms with Gasteiger partial charge in [-0.15, -0.1) is 11.3 Å². The van der Waals surface area contributed by atoms with Crippen molar-refractivity contribution < 1.29 is 9.53 Å². The highest BCUT2D eigenvalue weighted by Crippen LogP contribution is 2.19. The molecule has 1 saturated heterocycles. The Morgan fingerprint density at radius 1 is 1.36 bits per heavy atom. The Morgan fingerprint density at radius 3 is 2.82 bits per heavy atom. The van der Waals surface area contributed by atoms with Crippen LogP contribution in [0, 0.1) is 0 Å². The van der Waals surface area contributed by atoms with Crippen molar-refractivity contribution in [2.24, 2.45) is 0 Å². The van der Waals surface area contributed by atoms with Gasteiger partial charge in [-0.2, -0.15) is 0 Å². The van der Waals surface area contributed by atoms with E-state index in [1.54, 1.807) is 17.5 Å². The summed E-state index contributed by atoms with van der Waals surface area (Å²) in [6, 6.07) is 7.74. The molecule has 0 radical (unpaired) electrons. The molecule has 5 nitrogen and oxygen atoms in total. The summed E-state index contributed by atoms with van der Waals surface area (Å²) in [6.07, 6.45) is 1.64. The molecule has 2 aromatic rings. The number of amides is 1. The fraction of sp³-hybridized carbons (Fsp3) is 0.375. The van der Waals surface area contributed by atoms with Crippen LogP contribution in [0.3, 0.4) is 0 Å². The number of nitrogens with zero attached hydrogens (tertiary/aromatic N) is 2. The number of ether oxygens (including phenoxy) is 1. The summed E-state index contributed by atoms with van der Waals surface area (Å²) in [4.78, 5) is 20.0. The summed E-state index contributed by atoms with van der Waals surface area (Å²) in [6.45, 7) is 5.12. The molecule has 0 spiro atoms. The monoisotopic (exact) mass is 317 g/mol. The second kappa shape index (κ2) is 6.89. The molecule has 0 aliphatic carbocycles. The molecule has 3 heterocycles. The summed E-state index contributed by atoms with van der Waals surface area (Å²) >= 11 is 1.64. The van der Waals surface area contributed by atoms with Gasteiger partial charge >= 0.3 is 0 Å². The highest BCUT2D eigenvalue weighted by atomic mass is 32.1. The zero-order chi connectivity index (χ0) is 15.4. The number of rotatable bonds is 4. The van der Waals surface area contributed by atoms with Crippen LogP contribution >= 0.6 is 11.3 Å². The number of carbonyl (C=O) groups excluding carboxylic acids is 1. The number of thiophene rings is 1. The minimum Gasteiger partial charge on any atom is -0.378 e. The maximum absolute atomic E-state index is 12.3. The smallest absolute Gasteiger partial charge is 0.253 e. The molecular weight excluding hydrogens is 298 g/mol. The molecule has 22 heavy (non-hydrogen) atoms. The Hall–Kier alpha value is -1.92. The number of anilines is 1. The first-order valence-corrected chi connectivity index (χ1v) is 8.25. The predicted molar refractivity (Wildman–Crippen MR) is 87.5 cm³/mol. The van der Waals surface area contributed by atoms with E-state index in [0.29, 0.717) is 5.56 Å². The fourth-order valence-corrected chi connectivity index (χ4v) is 3.12. The van der Waals surface area contributed by atoms with E-state index >= 15 is 0 Å². The Balaban J connectivity index is 1.63. The van der Waals surface area contributed by atoms with Crippen molar-refractivity contribution in [2.75, 3.05) is 31.2 Å². The molecule has 0 aromatic carbocycles. The zero-order valence-electron chi connectivity index (χ0n) is 12.5. The third-order valence-corrected chi connectivity index (χ3v) is 4.72. The van der Waals surface area contributed by atoms with E-state index in [4.69, 9.17) is 4.74 Å². The lowest BCUT2D eigenvalue weighted by molar-refractivity contribution is 0.0940. The lowest BCUT2D eigenvalue weighted by Gasteiger charge is -2.27. The summed E-state index contributed by atoms with van der Waals surface area (Å²) in [7, 11) is 0. The standard InChI is InChI=1S/C16H19N3O2S/c1-12(14-3-2-10-22-14)18-16(20)13-4-5-15(17-11-13)19-6-8-21-9-7-19/h2-5,10-12H,6-9H2,1H3,(H,18,20). The topological polar surface area (TPSA) is 54.5 Å². The van der Waals surface area contributed by atoms with Gasteiger partial charge in [-0.05, 0) is 30.5 Å². The maximum atomic E-state index is 12.3. The van der Waals surface area contributed by atoms with Crippen molar-refractivity contribution in [3.8, 4) is 0 Å². The third-order valence-electron chi connectivity index (χ3n) is 3.66. The Labute approximate surface area is 133 Å². The van der Waals surface area contributed by atoms with E-state index in [0.717, 1.165) is 37.0 Å². The van der Waals surface area contributed by atoms with Gasteiger partial charge in [0.1, 0.15) is 5.82 Å². The summed E-state index contributed by atoms with van der Waals surface area (Å²) in [5, 5.41) is 5.01. The SMILES string of the molecule is CC(NC(=O)c1ccc(N2CCOCC2)nc1)c1cccs1. The number of morpholine rings is 1. The molecule has 1 atom stereocenters. The maximum Gasteiger partial charge on any atom is 0.253 e. The normalized spacial score (nSPS) is 16.3. The molecule has 1 fully saturated rings. The first kappa shape index (κ1) is 15.0. The third kappa shape index (κ3) is 3.45. The van der Waals surface area contributed by atoms with Gasteiger partial charge in [0.2, 0.25) is 0 Å². The van der Waals surface area contributed by atoms with Gasteiger partial charge in [-0.1, -0.05) is 6.07 Å². The molecule has 3 rings (SSSR count). The molecule has 6 heteroatoms. The van der Waals surface area contributed by atoms with E-state index in [2.05, 4.69) is 15.2 Å². The van der Waals surface area contributed by atoms with Crippen molar-refractivity contribution in [3.63, 3.8) is 0 Å². The molecule has 2 aromatic heterocycles. The number of nitrogens with one attached hydrogen (secondary N) is 1. The second-order valence-corrected chi connectivity index (χ2v) is 6.19. The fourth-order valence-electron chi connectivity index (χ4n) is 2.39. The number of hydrogen-bond acceptors (Lipinski definition) is 5. The van der Waals surface area contributed by atoms with E-state index in [-0.39, 0.29) is 11.9 Å². The molecule has 1 unspecified atom stereocenters. The van der Waals surface area contributed by atoms with Gasteiger partial charge in [0, 0.05) is 24.2 Å². The van der Waals surface area contributed by atoms with Crippen LogP contribution in [0.25, 0.3) is 0 Å². The van der Waals surface area contributed by atoms with Crippen LogP contribution in [0.4, 0.5) is 5.82 Å². The van der Waals surface area contributed by atoms with Gasteiger partial charge in [0.15, 0.2) is 0 Å². The summed E-state index contributed by atoms with van der Waals surface area (Å²) < 4.78 is 5.33. The summed E-state index contributed by atoms with van der Waals surface area (Å²) in [5.74, 6) is 0.799. The van der Waals surface area contributed by atoms with E-state index in [9.17, 15) is 4.79 Å². The minimum absolute atomic E-state index is 0.00594. The average molecular weight is 317 g/mol. The van der Waals surface area contributed by atoms with Gasteiger partial charge < -0.3 is 15.0 Å². The van der Waals surface area contributed by atoms with Crippen molar-refractivity contribution in [3.05, 3.63) is 46.3 Å². The van der Waals surface area contributed by atoms with Crippen LogP contribution in [-0.2, 0) is 4.74 Å². The number of hydrogen-bond donors (Lipinski definition) is 1. The second-order valence-electron chi connectivity index (χ2n) is 5.22. The Morgan fingerprint density at radius 2 is 2.18 bits per heavy atom. The highest BCUT2D eigenvalue weighted by Gasteiger charge is 2.15. The quantitative estimate of drug-likeness (QED) is 0.941. The van der Waals surface area contributed by atoms with Gasteiger partial charge in [0.05, 0.1) is 24.8 Å². The average Bonchev–Trinajstić information content (AvgIpc) is 3.10. The molecule has 1 aliphatic rings. The lowest BCUT2D eigenvalue weighted by atomic mass is 10.2. The first-order valence-electron chi connectivity index (χ1n) is 7.37. The van der Waals surface area contributed by atoms with E-state index in [1.165, 1.54) is 0 Å². The number of aromatic nitrogens is 1. The van der Waals surface area contributed by atoms with Crippen LogP contribution in [0.1, 0.15) is 28.2 Å². The number of carbonyl (C=O) groups is 1. The zero-order valence-corrected chi connectivity index (χ0v) is 13.3. The highest BCUT2D eigenvalue weighted by molar-refractivity contribution is 7.10. The van der Waals surface area contributed by atoms with Crippen molar-refractivity contribution in [1.29, 1.82) is 0 Å². The number of pyridine rings is 1. The molecular formula is C16H19N3O2S. The molecule has 116 valence electrons. The minimum atomic E-state index is -0.0954.